The van der Waals surface area contributed by atoms with Crippen molar-refractivity contribution in [3.05, 3.63) is 53.8 Å². The van der Waals surface area contributed by atoms with E-state index in [-0.39, 0.29) is 23.2 Å². The molecule has 0 aromatic heterocycles. The summed E-state index contributed by atoms with van der Waals surface area (Å²) in [6.07, 6.45) is 1.72. The zero-order valence-electron chi connectivity index (χ0n) is 15.4. The lowest BCUT2D eigenvalue weighted by Gasteiger charge is -2.37. The Kier molecular flexibility index (Phi) is 4.90. The molecule has 6 nitrogen and oxygen atoms in total. The quantitative estimate of drug-likeness (QED) is 0.830. The highest BCUT2D eigenvalue weighted by Crippen LogP contribution is 2.32. The summed E-state index contributed by atoms with van der Waals surface area (Å²) in [5.41, 5.74) is 1.79. The van der Waals surface area contributed by atoms with Gasteiger partial charge in [0.2, 0.25) is 5.91 Å². The first-order valence-electron chi connectivity index (χ1n) is 9.45. The Morgan fingerprint density at radius 1 is 1.00 bits per heavy atom. The number of carboxylic acid groups (broad SMARTS) is 1. The summed E-state index contributed by atoms with van der Waals surface area (Å²) in [5.74, 6) is -1.42. The molecule has 0 atom stereocenters. The second-order valence-corrected chi connectivity index (χ2v) is 7.22. The van der Waals surface area contributed by atoms with E-state index in [4.69, 9.17) is 0 Å². The standard InChI is InChI=1S/C21H22FN3O3/c22-17-3-1-2-4-19(17)25-11-9-24(10-12-25)15-7-8-18(16(13-15)21(27)28)23-20(26)14-5-6-14/h1-4,7-8,13-14H,5-6,9-12H2,(H,23,26)(H,27,28). The monoisotopic (exact) mass is 383 g/mol. The molecule has 28 heavy (non-hydrogen) atoms. The lowest BCUT2D eigenvalue weighted by molar-refractivity contribution is -0.117. The van der Waals surface area contributed by atoms with Gasteiger partial charge >= 0.3 is 5.97 Å². The minimum Gasteiger partial charge on any atom is -0.478 e. The molecule has 146 valence electrons. The molecule has 1 heterocycles. The molecule has 2 fully saturated rings. The molecule has 0 unspecified atom stereocenters. The molecule has 0 radical (unpaired) electrons. The Hall–Kier alpha value is -3.09. The summed E-state index contributed by atoms with van der Waals surface area (Å²) in [6.45, 7) is 2.59. The molecule has 2 aromatic rings. The summed E-state index contributed by atoms with van der Waals surface area (Å²) < 4.78 is 14.0. The number of hydrogen-bond donors (Lipinski definition) is 2. The number of aromatic carboxylic acids is 1. The number of carbonyl (C=O) groups excluding carboxylic acids is 1. The van der Waals surface area contributed by atoms with Crippen LogP contribution in [0, 0.1) is 11.7 Å². The van der Waals surface area contributed by atoms with Crippen LogP contribution in [0.1, 0.15) is 23.2 Å². The lowest BCUT2D eigenvalue weighted by atomic mass is 10.1. The number of nitrogens with one attached hydrogen (secondary N) is 1. The van der Waals surface area contributed by atoms with Crippen molar-refractivity contribution in [3.8, 4) is 0 Å². The summed E-state index contributed by atoms with van der Waals surface area (Å²) in [4.78, 5) is 27.7. The van der Waals surface area contributed by atoms with Crippen LogP contribution in [0.25, 0.3) is 0 Å². The fourth-order valence-corrected chi connectivity index (χ4v) is 3.51. The maximum Gasteiger partial charge on any atom is 0.337 e. The number of amides is 1. The van der Waals surface area contributed by atoms with Gasteiger partial charge in [0.05, 0.1) is 16.9 Å². The SMILES string of the molecule is O=C(O)c1cc(N2CCN(c3ccccc3F)CC2)ccc1NC(=O)C1CC1. The second-order valence-electron chi connectivity index (χ2n) is 7.22. The molecule has 4 rings (SSSR count). The van der Waals surface area contributed by atoms with Crippen molar-refractivity contribution in [3.63, 3.8) is 0 Å². The van der Waals surface area contributed by atoms with Gasteiger partial charge in [-0.25, -0.2) is 9.18 Å². The van der Waals surface area contributed by atoms with Crippen LogP contribution < -0.4 is 15.1 Å². The van der Waals surface area contributed by atoms with Crippen molar-refractivity contribution >= 4 is 28.9 Å². The Morgan fingerprint density at radius 2 is 1.68 bits per heavy atom. The smallest absolute Gasteiger partial charge is 0.337 e. The number of piperazine rings is 1. The van der Waals surface area contributed by atoms with Crippen LogP contribution in [0.3, 0.4) is 0 Å². The van der Waals surface area contributed by atoms with E-state index in [0.717, 1.165) is 18.5 Å². The van der Waals surface area contributed by atoms with Gasteiger partial charge in [-0.3, -0.25) is 4.79 Å². The molecule has 1 aliphatic heterocycles. The Balaban J connectivity index is 1.47. The summed E-state index contributed by atoms with van der Waals surface area (Å²) in [6, 6.07) is 11.8. The predicted octanol–water partition coefficient (Wildman–Crippen LogP) is 3.20. The molecular weight excluding hydrogens is 361 g/mol. The number of para-hydroxylation sites is 1. The van der Waals surface area contributed by atoms with Gasteiger partial charge in [-0.2, -0.15) is 0 Å². The number of halogens is 1. The number of anilines is 3. The average molecular weight is 383 g/mol. The zero-order chi connectivity index (χ0) is 19.7. The van der Waals surface area contributed by atoms with Crippen LogP contribution in [0.5, 0.6) is 0 Å². The number of rotatable bonds is 5. The van der Waals surface area contributed by atoms with Gasteiger partial charge in [0.15, 0.2) is 0 Å². The minimum absolute atomic E-state index is 0.00720. The number of carbonyl (C=O) groups is 2. The topological polar surface area (TPSA) is 72.9 Å². The van der Waals surface area contributed by atoms with Crippen molar-refractivity contribution in [1.82, 2.24) is 0 Å². The van der Waals surface area contributed by atoms with Crippen molar-refractivity contribution < 1.29 is 19.1 Å². The third-order valence-corrected chi connectivity index (χ3v) is 5.28. The van der Waals surface area contributed by atoms with Crippen LogP contribution in [0.15, 0.2) is 42.5 Å². The van der Waals surface area contributed by atoms with Gasteiger partial charge < -0.3 is 20.2 Å². The van der Waals surface area contributed by atoms with Crippen LogP contribution >= 0.6 is 0 Å². The maximum absolute atomic E-state index is 14.0. The predicted molar refractivity (Wildman–Crippen MR) is 106 cm³/mol. The van der Waals surface area contributed by atoms with Crippen LogP contribution in [-0.4, -0.2) is 43.2 Å². The Labute approximate surface area is 162 Å². The highest BCUT2D eigenvalue weighted by atomic mass is 19.1. The fraction of sp³-hybridized carbons (Fsp3) is 0.333. The van der Waals surface area contributed by atoms with Crippen molar-refractivity contribution in [2.75, 3.05) is 41.3 Å². The maximum atomic E-state index is 14.0. The van der Waals surface area contributed by atoms with Gasteiger partial charge in [0, 0.05) is 37.8 Å². The molecule has 1 amide bonds. The second kappa shape index (κ2) is 7.50. The van der Waals surface area contributed by atoms with E-state index in [1.807, 2.05) is 17.0 Å². The summed E-state index contributed by atoms with van der Waals surface area (Å²) in [5, 5.41) is 12.3. The third-order valence-electron chi connectivity index (χ3n) is 5.28. The Bertz CT molecular complexity index is 906. The molecule has 2 aliphatic rings. The molecule has 2 N–H and O–H groups in total. The van der Waals surface area contributed by atoms with Crippen molar-refractivity contribution in [2.24, 2.45) is 5.92 Å². The molecule has 2 aromatic carbocycles. The highest BCUT2D eigenvalue weighted by Gasteiger charge is 2.30. The molecule has 1 saturated carbocycles. The molecule has 1 saturated heterocycles. The number of benzene rings is 2. The summed E-state index contributed by atoms with van der Waals surface area (Å²) in [7, 11) is 0. The van der Waals surface area contributed by atoms with Gasteiger partial charge in [-0.1, -0.05) is 12.1 Å². The Morgan fingerprint density at radius 3 is 2.32 bits per heavy atom. The molecular formula is C21H22FN3O3. The van der Waals surface area contributed by atoms with Gasteiger partial charge in [-0.05, 0) is 43.2 Å². The van der Waals surface area contributed by atoms with Crippen molar-refractivity contribution in [2.45, 2.75) is 12.8 Å². The van der Waals surface area contributed by atoms with Gasteiger partial charge in [0.1, 0.15) is 5.82 Å². The zero-order valence-corrected chi connectivity index (χ0v) is 15.4. The van der Waals surface area contributed by atoms with Crippen LogP contribution in [0.4, 0.5) is 21.5 Å². The highest BCUT2D eigenvalue weighted by molar-refractivity contribution is 6.02. The van der Waals surface area contributed by atoms with E-state index in [9.17, 15) is 19.1 Å². The van der Waals surface area contributed by atoms with Crippen molar-refractivity contribution in [1.29, 1.82) is 0 Å². The fourth-order valence-electron chi connectivity index (χ4n) is 3.51. The van der Waals surface area contributed by atoms with Gasteiger partial charge in [-0.15, -0.1) is 0 Å². The largest absolute Gasteiger partial charge is 0.478 e. The average Bonchev–Trinajstić information content (AvgIpc) is 3.54. The first-order valence-corrected chi connectivity index (χ1v) is 9.45. The number of hydrogen-bond acceptors (Lipinski definition) is 4. The molecule has 1 aliphatic carbocycles. The lowest BCUT2D eigenvalue weighted by Crippen LogP contribution is -2.46. The first kappa shape index (κ1) is 18.3. The van der Waals surface area contributed by atoms with E-state index in [1.165, 1.54) is 6.07 Å². The van der Waals surface area contributed by atoms with E-state index in [0.29, 0.717) is 37.6 Å². The van der Waals surface area contributed by atoms with E-state index in [2.05, 4.69) is 10.2 Å². The molecule has 0 spiro atoms. The van der Waals surface area contributed by atoms with Crippen LogP contribution in [0.2, 0.25) is 0 Å². The summed E-state index contributed by atoms with van der Waals surface area (Å²) >= 11 is 0. The van der Waals surface area contributed by atoms with E-state index >= 15 is 0 Å². The van der Waals surface area contributed by atoms with E-state index in [1.54, 1.807) is 24.3 Å². The minimum atomic E-state index is -1.07. The van der Waals surface area contributed by atoms with E-state index < -0.39 is 5.97 Å². The third kappa shape index (κ3) is 3.78. The normalized spacial score (nSPS) is 16.8. The van der Waals surface area contributed by atoms with Gasteiger partial charge in [0.25, 0.3) is 0 Å². The number of carboxylic acids is 1. The first-order chi connectivity index (χ1) is 13.5. The van der Waals surface area contributed by atoms with Crippen LogP contribution in [-0.2, 0) is 4.79 Å². The number of nitrogens with zero attached hydrogens (tertiary/aromatic N) is 2. The molecule has 7 heteroatoms. The molecule has 0 bridgehead atoms.